The van der Waals surface area contributed by atoms with Gasteiger partial charge in [0.15, 0.2) is 6.61 Å². The predicted octanol–water partition coefficient (Wildman–Crippen LogP) is 1.99. The average Bonchev–Trinajstić information content (AvgIpc) is 2.81. The van der Waals surface area contributed by atoms with Crippen LogP contribution >= 0.6 is 0 Å². The van der Waals surface area contributed by atoms with Crippen molar-refractivity contribution in [3.8, 4) is 11.5 Å². The Morgan fingerprint density at radius 3 is 2.79 bits per heavy atom. The fraction of sp³-hybridized carbons (Fsp3) is 0.385. The molecule has 0 amide bonds. The Morgan fingerprint density at radius 1 is 1.42 bits per heavy atom. The van der Waals surface area contributed by atoms with Gasteiger partial charge in [0.05, 0.1) is 7.11 Å². The van der Waals surface area contributed by atoms with Gasteiger partial charge in [0.2, 0.25) is 11.7 Å². The maximum absolute atomic E-state index is 5.91. The van der Waals surface area contributed by atoms with Gasteiger partial charge in [-0.15, -0.1) is 0 Å². The van der Waals surface area contributed by atoms with E-state index in [9.17, 15) is 0 Å². The molecule has 19 heavy (non-hydrogen) atoms. The van der Waals surface area contributed by atoms with Crippen LogP contribution in [0.15, 0.2) is 22.7 Å². The molecule has 1 aromatic carbocycles. The zero-order valence-corrected chi connectivity index (χ0v) is 11.2. The molecule has 0 radical (unpaired) electrons. The summed E-state index contributed by atoms with van der Waals surface area (Å²) in [6.07, 6.45) is 0. The maximum Gasteiger partial charge on any atom is 0.223 e. The molecule has 0 aliphatic heterocycles. The highest BCUT2D eigenvalue weighted by molar-refractivity contribution is 5.42. The van der Waals surface area contributed by atoms with Crippen molar-refractivity contribution in [2.45, 2.75) is 26.5 Å². The van der Waals surface area contributed by atoms with Crippen LogP contribution in [0.2, 0.25) is 0 Å². The minimum absolute atomic E-state index is 0.132. The third-order valence-electron chi connectivity index (χ3n) is 2.64. The molecule has 0 fully saturated rings. The Kier molecular flexibility index (Phi) is 4.01. The van der Waals surface area contributed by atoms with Crippen LogP contribution in [0.4, 0.5) is 0 Å². The van der Waals surface area contributed by atoms with Gasteiger partial charge in [-0.2, -0.15) is 4.98 Å². The molecule has 1 atom stereocenters. The van der Waals surface area contributed by atoms with Gasteiger partial charge in [-0.1, -0.05) is 11.2 Å². The number of methoxy groups -OCH3 is 1. The molecule has 2 aromatic rings. The Labute approximate surface area is 111 Å². The summed E-state index contributed by atoms with van der Waals surface area (Å²) in [6.45, 7) is 3.85. The Hall–Kier alpha value is -2.08. The lowest BCUT2D eigenvalue weighted by atomic mass is 10.1. The average molecular weight is 263 g/mol. The SMILES string of the molecule is COc1ccc(C(C)N)c(OCc2noc(C)n2)c1. The quantitative estimate of drug-likeness (QED) is 0.888. The molecular formula is C13H17N3O3. The lowest BCUT2D eigenvalue weighted by molar-refractivity contribution is 0.280. The highest BCUT2D eigenvalue weighted by Gasteiger charge is 2.11. The number of ether oxygens (including phenoxy) is 2. The van der Waals surface area contributed by atoms with Crippen LogP contribution in [0.1, 0.15) is 30.2 Å². The van der Waals surface area contributed by atoms with Crippen molar-refractivity contribution in [3.05, 3.63) is 35.5 Å². The summed E-state index contributed by atoms with van der Waals surface area (Å²) in [4.78, 5) is 4.08. The summed E-state index contributed by atoms with van der Waals surface area (Å²) in [5.74, 6) is 2.38. The molecule has 0 bridgehead atoms. The van der Waals surface area contributed by atoms with E-state index in [2.05, 4.69) is 10.1 Å². The van der Waals surface area contributed by atoms with Crippen molar-refractivity contribution in [2.75, 3.05) is 7.11 Å². The first kappa shape index (κ1) is 13.4. The monoisotopic (exact) mass is 263 g/mol. The van der Waals surface area contributed by atoms with E-state index in [1.54, 1.807) is 20.1 Å². The Balaban J connectivity index is 2.17. The topological polar surface area (TPSA) is 83.4 Å². The molecule has 2 rings (SSSR count). The van der Waals surface area contributed by atoms with Crippen LogP contribution in [0, 0.1) is 6.92 Å². The third kappa shape index (κ3) is 3.23. The van der Waals surface area contributed by atoms with Gasteiger partial charge in [0, 0.05) is 24.6 Å². The number of hydrogen-bond donors (Lipinski definition) is 1. The fourth-order valence-corrected chi connectivity index (χ4v) is 1.69. The van der Waals surface area contributed by atoms with Gasteiger partial charge in [0.1, 0.15) is 11.5 Å². The van der Waals surface area contributed by atoms with Crippen molar-refractivity contribution in [3.63, 3.8) is 0 Å². The normalized spacial score (nSPS) is 12.2. The van der Waals surface area contributed by atoms with Crippen molar-refractivity contribution in [1.82, 2.24) is 10.1 Å². The predicted molar refractivity (Wildman–Crippen MR) is 69.0 cm³/mol. The molecule has 0 aliphatic rings. The zero-order valence-electron chi connectivity index (χ0n) is 11.2. The highest BCUT2D eigenvalue weighted by atomic mass is 16.5. The number of rotatable bonds is 5. The molecule has 1 heterocycles. The minimum Gasteiger partial charge on any atom is -0.497 e. The van der Waals surface area contributed by atoms with Crippen molar-refractivity contribution >= 4 is 0 Å². The van der Waals surface area contributed by atoms with E-state index in [1.165, 1.54) is 0 Å². The number of nitrogens with two attached hydrogens (primary N) is 1. The van der Waals surface area contributed by atoms with E-state index in [-0.39, 0.29) is 12.6 Å². The van der Waals surface area contributed by atoms with E-state index in [0.717, 1.165) is 5.56 Å². The van der Waals surface area contributed by atoms with Crippen LogP contribution in [-0.2, 0) is 6.61 Å². The van der Waals surface area contributed by atoms with Crippen molar-refractivity contribution < 1.29 is 14.0 Å². The summed E-state index contributed by atoms with van der Waals surface area (Å²) >= 11 is 0. The molecule has 6 heteroatoms. The summed E-state index contributed by atoms with van der Waals surface area (Å²) in [7, 11) is 1.60. The zero-order chi connectivity index (χ0) is 13.8. The van der Waals surface area contributed by atoms with E-state index < -0.39 is 0 Å². The number of aromatic nitrogens is 2. The van der Waals surface area contributed by atoms with Crippen LogP contribution in [0.3, 0.4) is 0 Å². The first-order valence-electron chi connectivity index (χ1n) is 5.95. The molecule has 6 nitrogen and oxygen atoms in total. The second-order valence-corrected chi connectivity index (χ2v) is 4.21. The molecule has 102 valence electrons. The van der Waals surface area contributed by atoms with Crippen LogP contribution in [0.5, 0.6) is 11.5 Å². The Morgan fingerprint density at radius 2 is 2.21 bits per heavy atom. The van der Waals surface area contributed by atoms with Gasteiger partial charge in [-0.05, 0) is 13.0 Å². The number of aryl methyl sites for hydroxylation is 1. The highest BCUT2D eigenvalue weighted by Crippen LogP contribution is 2.29. The lowest BCUT2D eigenvalue weighted by Crippen LogP contribution is -2.08. The van der Waals surface area contributed by atoms with Gasteiger partial charge in [-0.25, -0.2) is 0 Å². The molecule has 0 aliphatic carbocycles. The van der Waals surface area contributed by atoms with Crippen molar-refractivity contribution in [1.29, 1.82) is 0 Å². The summed E-state index contributed by atoms with van der Waals surface area (Å²) in [5.41, 5.74) is 6.81. The van der Waals surface area contributed by atoms with Gasteiger partial charge < -0.3 is 19.7 Å². The largest absolute Gasteiger partial charge is 0.497 e. The standard InChI is InChI=1S/C13H17N3O3/c1-8(14)11-5-4-10(17-3)6-12(11)18-7-13-15-9(2)19-16-13/h4-6,8H,7,14H2,1-3H3. The van der Waals surface area contributed by atoms with Crippen LogP contribution in [0.25, 0.3) is 0 Å². The van der Waals surface area contributed by atoms with E-state index in [4.69, 9.17) is 19.7 Å². The first-order chi connectivity index (χ1) is 9.10. The fourth-order valence-electron chi connectivity index (χ4n) is 1.69. The molecule has 1 aromatic heterocycles. The lowest BCUT2D eigenvalue weighted by Gasteiger charge is -2.14. The first-order valence-corrected chi connectivity index (χ1v) is 5.95. The van der Waals surface area contributed by atoms with Crippen molar-refractivity contribution in [2.24, 2.45) is 5.73 Å². The second kappa shape index (κ2) is 5.71. The summed E-state index contributed by atoms with van der Waals surface area (Å²) in [6, 6.07) is 5.41. The summed E-state index contributed by atoms with van der Waals surface area (Å²) in [5, 5.41) is 3.77. The van der Waals surface area contributed by atoms with E-state index in [1.807, 2.05) is 19.1 Å². The molecule has 0 spiro atoms. The smallest absolute Gasteiger partial charge is 0.223 e. The molecule has 0 saturated carbocycles. The minimum atomic E-state index is -0.132. The van der Waals surface area contributed by atoms with Crippen LogP contribution in [-0.4, -0.2) is 17.3 Å². The van der Waals surface area contributed by atoms with Gasteiger partial charge in [0.25, 0.3) is 0 Å². The number of hydrogen-bond acceptors (Lipinski definition) is 6. The third-order valence-corrected chi connectivity index (χ3v) is 2.64. The number of nitrogens with zero attached hydrogens (tertiary/aromatic N) is 2. The maximum atomic E-state index is 5.91. The van der Waals surface area contributed by atoms with Crippen LogP contribution < -0.4 is 15.2 Å². The second-order valence-electron chi connectivity index (χ2n) is 4.21. The van der Waals surface area contributed by atoms with E-state index in [0.29, 0.717) is 23.2 Å². The molecular weight excluding hydrogens is 246 g/mol. The van der Waals surface area contributed by atoms with E-state index >= 15 is 0 Å². The number of benzene rings is 1. The molecule has 0 saturated heterocycles. The Bertz CT molecular complexity index is 552. The van der Waals surface area contributed by atoms with Gasteiger partial charge in [-0.3, -0.25) is 0 Å². The van der Waals surface area contributed by atoms with Gasteiger partial charge >= 0.3 is 0 Å². The molecule has 1 unspecified atom stereocenters. The summed E-state index contributed by atoms with van der Waals surface area (Å²) < 4.78 is 15.8. The molecule has 2 N–H and O–H groups in total.